The summed E-state index contributed by atoms with van der Waals surface area (Å²) in [4.78, 5) is 20.4. The molecule has 2 heterocycles. The van der Waals surface area contributed by atoms with Gasteiger partial charge in [-0.05, 0) is 25.3 Å². The molecule has 3 aromatic rings. The Hall–Kier alpha value is -1.88. The number of ketones is 1. The van der Waals surface area contributed by atoms with Crippen LogP contribution in [0.3, 0.4) is 0 Å². The highest BCUT2D eigenvalue weighted by atomic mass is 79.9. The van der Waals surface area contributed by atoms with Gasteiger partial charge in [-0.25, -0.2) is 4.98 Å². The van der Waals surface area contributed by atoms with Crippen molar-refractivity contribution >= 4 is 33.7 Å². The number of H-pyrrole nitrogens is 1. The Morgan fingerprint density at radius 2 is 2.18 bits per heavy atom. The zero-order valence-corrected chi connectivity index (χ0v) is 14.1. The number of aryl methyl sites for hydroxylation is 2. The number of aromatic nitrogens is 3. The Balaban J connectivity index is 0.00000144. The molecule has 0 unspecified atom stereocenters. The third-order valence-corrected chi connectivity index (χ3v) is 4.52. The first-order valence-electron chi connectivity index (χ1n) is 7.33. The summed E-state index contributed by atoms with van der Waals surface area (Å²) in [6, 6.07) is 8.09. The molecule has 4 rings (SSSR count). The summed E-state index contributed by atoms with van der Waals surface area (Å²) in [5.74, 6) is 0.316. The number of fused-ring (bicyclic) bond motifs is 2. The topological polar surface area (TPSA) is 50.7 Å². The van der Waals surface area contributed by atoms with Gasteiger partial charge >= 0.3 is 0 Å². The minimum atomic E-state index is 0. The summed E-state index contributed by atoms with van der Waals surface area (Å²) in [7, 11) is 1.99. The van der Waals surface area contributed by atoms with Crippen LogP contribution < -0.4 is 0 Å². The van der Waals surface area contributed by atoms with E-state index in [1.807, 2.05) is 36.0 Å². The highest BCUT2D eigenvalue weighted by molar-refractivity contribution is 8.93. The maximum absolute atomic E-state index is 12.9. The smallest absolute Gasteiger partial charge is 0.168 e. The zero-order chi connectivity index (χ0) is 14.4. The first kappa shape index (κ1) is 15.0. The molecular formula is C17H18BrN3O. The van der Waals surface area contributed by atoms with Crippen molar-refractivity contribution in [1.82, 2.24) is 14.5 Å². The van der Waals surface area contributed by atoms with Gasteiger partial charge in [0.05, 0.1) is 12.0 Å². The molecule has 4 nitrogen and oxygen atoms in total. The maximum atomic E-state index is 12.9. The third kappa shape index (κ3) is 2.29. The van der Waals surface area contributed by atoms with Crippen LogP contribution in [-0.4, -0.2) is 20.3 Å². The number of para-hydroxylation sites is 1. The van der Waals surface area contributed by atoms with Gasteiger partial charge in [0, 0.05) is 41.3 Å². The molecule has 0 amide bonds. The number of nitrogens with one attached hydrogen (secondary N) is 1. The quantitative estimate of drug-likeness (QED) is 0.712. The van der Waals surface area contributed by atoms with Crippen LogP contribution in [-0.2, 0) is 19.9 Å². The van der Waals surface area contributed by atoms with E-state index >= 15 is 0 Å². The number of carbonyl (C=O) groups is 1. The lowest BCUT2D eigenvalue weighted by molar-refractivity contribution is 0.0909. The van der Waals surface area contributed by atoms with Crippen molar-refractivity contribution < 1.29 is 4.79 Å². The number of halogens is 1. The molecule has 1 aromatic carbocycles. The summed E-state index contributed by atoms with van der Waals surface area (Å²) in [6.45, 7) is 0. The maximum Gasteiger partial charge on any atom is 0.168 e. The van der Waals surface area contributed by atoms with Crippen LogP contribution in [0.25, 0.3) is 10.9 Å². The normalized spacial score (nSPS) is 17.0. The predicted molar refractivity (Wildman–Crippen MR) is 91.7 cm³/mol. The van der Waals surface area contributed by atoms with Crippen molar-refractivity contribution in [3.63, 3.8) is 0 Å². The predicted octanol–water partition coefficient (Wildman–Crippen LogP) is 3.47. The van der Waals surface area contributed by atoms with Gasteiger partial charge in [0.15, 0.2) is 5.78 Å². The van der Waals surface area contributed by atoms with Crippen LogP contribution >= 0.6 is 17.0 Å². The van der Waals surface area contributed by atoms with E-state index in [2.05, 4.69) is 16.0 Å². The lowest BCUT2D eigenvalue weighted by Crippen LogP contribution is -2.22. The molecule has 22 heavy (non-hydrogen) atoms. The summed E-state index contributed by atoms with van der Waals surface area (Å²) in [5, 5.41) is 1.06. The number of hydrogen-bond donors (Lipinski definition) is 1. The Labute approximate surface area is 139 Å². The second-order valence-corrected chi connectivity index (χ2v) is 5.80. The largest absolute Gasteiger partial charge is 0.350 e. The summed E-state index contributed by atoms with van der Waals surface area (Å²) in [5.41, 5.74) is 4.21. The minimum absolute atomic E-state index is 0. The number of carbonyl (C=O) groups excluding carboxylic acids is 1. The van der Waals surface area contributed by atoms with E-state index in [0.29, 0.717) is 0 Å². The molecule has 1 atom stereocenters. The number of hydrogen-bond acceptors (Lipinski definition) is 2. The molecule has 0 radical (unpaired) electrons. The monoisotopic (exact) mass is 359 g/mol. The molecule has 1 aliphatic rings. The molecule has 0 aliphatic heterocycles. The lowest BCUT2D eigenvalue weighted by atomic mass is 9.84. The first-order valence-corrected chi connectivity index (χ1v) is 7.33. The van der Waals surface area contributed by atoms with Crippen LogP contribution in [0.1, 0.15) is 28.2 Å². The fourth-order valence-electron chi connectivity index (χ4n) is 3.38. The molecule has 0 saturated carbocycles. The van der Waals surface area contributed by atoms with Crippen molar-refractivity contribution in [3.8, 4) is 0 Å². The van der Waals surface area contributed by atoms with E-state index in [1.54, 1.807) is 6.33 Å². The molecule has 1 aliphatic carbocycles. The fourth-order valence-corrected chi connectivity index (χ4v) is 3.38. The van der Waals surface area contributed by atoms with Gasteiger partial charge in [-0.15, -0.1) is 17.0 Å². The SMILES string of the molecule is Br.Cn1cc(C(=O)[C@@H]2CCc3nc[nH]c3C2)c2ccccc21. The summed E-state index contributed by atoms with van der Waals surface area (Å²) < 4.78 is 2.03. The van der Waals surface area contributed by atoms with Crippen molar-refractivity contribution in [2.24, 2.45) is 13.0 Å². The minimum Gasteiger partial charge on any atom is -0.350 e. The van der Waals surface area contributed by atoms with E-state index in [-0.39, 0.29) is 28.7 Å². The Kier molecular flexibility index (Phi) is 3.91. The van der Waals surface area contributed by atoms with Gasteiger partial charge in [-0.2, -0.15) is 0 Å². The highest BCUT2D eigenvalue weighted by Crippen LogP contribution is 2.29. The number of nitrogens with zero attached hydrogens (tertiary/aromatic N) is 2. The molecular weight excluding hydrogens is 342 g/mol. The van der Waals surface area contributed by atoms with Crippen LogP contribution in [0.5, 0.6) is 0 Å². The second-order valence-electron chi connectivity index (χ2n) is 5.80. The van der Waals surface area contributed by atoms with E-state index in [0.717, 1.165) is 47.1 Å². The number of imidazole rings is 1. The Morgan fingerprint density at radius 1 is 1.36 bits per heavy atom. The number of aromatic amines is 1. The number of Topliss-reactive ketones (excluding diaryl/α,β-unsaturated/α-hetero) is 1. The average Bonchev–Trinajstić information content (AvgIpc) is 3.11. The van der Waals surface area contributed by atoms with Gasteiger partial charge < -0.3 is 9.55 Å². The standard InChI is InChI=1S/C17H17N3O.BrH/c1-20-9-13(12-4-2-3-5-16(12)20)17(21)11-6-7-14-15(8-11)19-10-18-14;/h2-5,9-11H,6-8H2,1H3,(H,18,19);1H/t11-;/m1./s1. The van der Waals surface area contributed by atoms with Crippen LogP contribution in [0.15, 0.2) is 36.8 Å². The fraction of sp³-hybridized carbons (Fsp3) is 0.294. The van der Waals surface area contributed by atoms with E-state index in [4.69, 9.17) is 0 Å². The van der Waals surface area contributed by atoms with Gasteiger partial charge in [0.25, 0.3) is 0 Å². The number of benzene rings is 1. The number of rotatable bonds is 2. The van der Waals surface area contributed by atoms with E-state index in [9.17, 15) is 4.79 Å². The molecule has 0 saturated heterocycles. The van der Waals surface area contributed by atoms with Crippen molar-refractivity contribution in [1.29, 1.82) is 0 Å². The van der Waals surface area contributed by atoms with Crippen molar-refractivity contribution in [2.45, 2.75) is 19.3 Å². The molecule has 5 heteroatoms. The summed E-state index contributed by atoms with van der Waals surface area (Å²) >= 11 is 0. The van der Waals surface area contributed by atoms with Crippen LogP contribution in [0.2, 0.25) is 0 Å². The summed E-state index contributed by atoms with van der Waals surface area (Å²) in [6.07, 6.45) is 6.25. The first-order chi connectivity index (χ1) is 10.2. The van der Waals surface area contributed by atoms with Gasteiger partial charge in [-0.1, -0.05) is 18.2 Å². The third-order valence-electron chi connectivity index (χ3n) is 4.52. The lowest BCUT2D eigenvalue weighted by Gasteiger charge is -2.19. The zero-order valence-electron chi connectivity index (χ0n) is 12.4. The van der Waals surface area contributed by atoms with Gasteiger partial charge in [-0.3, -0.25) is 4.79 Å². The Morgan fingerprint density at radius 3 is 3.05 bits per heavy atom. The van der Waals surface area contributed by atoms with Gasteiger partial charge in [0.1, 0.15) is 0 Å². The molecule has 1 N–H and O–H groups in total. The van der Waals surface area contributed by atoms with Gasteiger partial charge in [0.2, 0.25) is 0 Å². The Bertz CT molecular complexity index is 833. The molecule has 0 spiro atoms. The molecule has 2 aromatic heterocycles. The average molecular weight is 360 g/mol. The molecule has 0 fully saturated rings. The van der Waals surface area contributed by atoms with Crippen LogP contribution in [0.4, 0.5) is 0 Å². The second kappa shape index (κ2) is 5.72. The van der Waals surface area contributed by atoms with E-state index < -0.39 is 0 Å². The highest BCUT2D eigenvalue weighted by Gasteiger charge is 2.28. The molecule has 0 bridgehead atoms. The van der Waals surface area contributed by atoms with Crippen molar-refractivity contribution in [2.75, 3.05) is 0 Å². The molecule has 114 valence electrons. The van der Waals surface area contributed by atoms with E-state index in [1.165, 1.54) is 0 Å². The van der Waals surface area contributed by atoms with Crippen LogP contribution in [0, 0.1) is 5.92 Å². The van der Waals surface area contributed by atoms with Crippen molar-refractivity contribution in [3.05, 3.63) is 53.7 Å².